The number of nitrogens with zero attached hydrogens (tertiary/aromatic N) is 1. The highest BCUT2D eigenvalue weighted by Gasteiger charge is 2.55. The van der Waals surface area contributed by atoms with E-state index in [0.29, 0.717) is 0 Å². The Kier molecular flexibility index (Phi) is 6.78. The van der Waals surface area contributed by atoms with Crippen molar-refractivity contribution in [1.29, 1.82) is 0 Å². The van der Waals surface area contributed by atoms with Gasteiger partial charge in [0.1, 0.15) is 23.0 Å². The zero-order valence-corrected chi connectivity index (χ0v) is 19.5. The standard InChI is InChI=1S/C21H36N2O7/c1-19(2,3)29-16(24)12-10-13(17(25)27-9)22-15(12)14-11-28-21(7,8)23(14)18(26)30-20(4,5)6/h12-15,22H,10-11H2,1-9H3/t12-,13-,14+,15+/m1/s1. The molecule has 9 heteroatoms. The molecule has 1 amide bonds. The van der Waals surface area contributed by atoms with Crippen molar-refractivity contribution in [3.63, 3.8) is 0 Å². The number of rotatable bonds is 3. The van der Waals surface area contributed by atoms with Gasteiger partial charge in [-0.1, -0.05) is 0 Å². The first-order valence-corrected chi connectivity index (χ1v) is 10.3. The van der Waals surface area contributed by atoms with Gasteiger partial charge < -0.3 is 18.9 Å². The van der Waals surface area contributed by atoms with Crippen LogP contribution in [0.5, 0.6) is 0 Å². The summed E-state index contributed by atoms with van der Waals surface area (Å²) < 4.78 is 21.9. The van der Waals surface area contributed by atoms with E-state index in [1.54, 1.807) is 55.4 Å². The van der Waals surface area contributed by atoms with Crippen molar-refractivity contribution in [2.24, 2.45) is 5.92 Å². The Labute approximate surface area is 178 Å². The number of carbonyl (C=O) groups is 3. The number of amides is 1. The molecule has 2 rings (SSSR count). The normalized spacial score (nSPS) is 28.9. The highest BCUT2D eigenvalue weighted by atomic mass is 16.6. The summed E-state index contributed by atoms with van der Waals surface area (Å²) in [6.07, 6.45) is -0.327. The van der Waals surface area contributed by atoms with E-state index < -0.39 is 59.0 Å². The molecule has 1 N–H and O–H groups in total. The highest BCUT2D eigenvalue weighted by Crippen LogP contribution is 2.36. The molecule has 2 fully saturated rings. The molecular weight excluding hydrogens is 392 g/mol. The summed E-state index contributed by atoms with van der Waals surface area (Å²) in [5, 5.41) is 3.18. The molecule has 0 unspecified atom stereocenters. The smallest absolute Gasteiger partial charge is 0.412 e. The summed E-state index contributed by atoms with van der Waals surface area (Å²) in [5.41, 5.74) is -2.31. The lowest BCUT2D eigenvalue weighted by Crippen LogP contribution is -2.58. The van der Waals surface area contributed by atoms with Crippen molar-refractivity contribution in [2.45, 2.75) is 96.9 Å². The van der Waals surface area contributed by atoms with Crippen LogP contribution in [0.1, 0.15) is 61.8 Å². The largest absolute Gasteiger partial charge is 0.468 e. The number of hydrogen-bond donors (Lipinski definition) is 1. The molecule has 0 aliphatic carbocycles. The van der Waals surface area contributed by atoms with Crippen LogP contribution in [-0.4, -0.2) is 71.7 Å². The topological polar surface area (TPSA) is 103 Å². The number of hydrogen-bond acceptors (Lipinski definition) is 8. The van der Waals surface area contributed by atoms with Crippen molar-refractivity contribution in [1.82, 2.24) is 10.2 Å². The maximum absolute atomic E-state index is 13.0. The van der Waals surface area contributed by atoms with Gasteiger partial charge in [-0.2, -0.15) is 0 Å². The van der Waals surface area contributed by atoms with E-state index in [1.807, 2.05) is 0 Å². The number of ether oxygens (including phenoxy) is 4. The van der Waals surface area contributed by atoms with Crippen LogP contribution in [0.25, 0.3) is 0 Å². The summed E-state index contributed by atoms with van der Waals surface area (Å²) in [5.74, 6) is -1.55. The number of methoxy groups -OCH3 is 1. The molecular formula is C21H36N2O7. The van der Waals surface area contributed by atoms with Gasteiger partial charge in [0, 0.05) is 6.04 Å². The molecule has 0 spiro atoms. The van der Waals surface area contributed by atoms with E-state index in [-0.39, 0.29) is 13.0 Å². The van der Waals surface area contributed by atoms with Crippen LogP contribution in [0, 0.1) is 5.92 Å². The van der Waals surface area contributed by atoms with Crippen molar-refractivity contribution in [3.8, 4) is 0 Å². The van der Waals surface area contributed by atoms with Gasteiger partial charge in [0.15, 0.2) is 0 Å². The maximum Gasteiger partial charge on any atom is 0.412 e. The summed E-state index contributed by atoms with van der Waals surface area (Å²) in [4.78, 5) is 39.7. The van der Waals surface area contributed by atoms with Gasteiger partial charge in [0.2, 0.25) is 0 Å². The Balaban J connectivity index is 2.35. The SMILES string of the molecule is COC(=O)[C@H]1C[C@@H](C(=O)OC(C)(C)C)[C@@H]([C@@H]2COC(C)(C)N2C(=O)OC(C)(C)C)N1. The van der Waals surface area contributed by atoms with E-state index in [9.17, 15) is 14.4 Å². The second-order valence-corrected chi connectivity index (χ2v) is 10.3. The van der Waals surface area contributed by atoms with E-state index >= 15 is 0 Å². The lowest BCUT2D eigenvalue weighted by Gasteiger charge is -2.38. The second kappa shape index (κ2) is 8.34. The summed E-state index contributed by atoms with van der Waals surface area (Å²) in [6.45, 7) is 14.4. The molecule has 0 bridgehead atoms. The molecule has 0 aromatic rings. The molecule has 0 radical (unpaired) electrons. The van der Waals surface area contributed by atoms with Crippen LogP contribution < -0.4 is 5.32 Å². The van der Waals surface area contributed by atoms with Crippen LogP contribution in [0.2, 0.25) is 0 Å². The van der Waals surface area contributed by atoms with Crippen molar-refractivity contribution >= 4 is 18.0 Å². The molecule has 4 atom stereocenters. The molecule has 0 saturated carbocycles. The molecule has 30 heavy (non-hydrogen) atoms. The van der Waals surface area contributed by atoms with Gasteiger partial charge in [0.25, 0.3) is 0 Å². The van der Waals surface area contributed by atoms with Gasteiger partial charge in [-0.05, 0) is 61.8 Å². The van der Waals surface area contributed by atoms with Crippen LogP contribution in [0.3, 0.4) is 0 Å². The van der Waals surface area contributed by atoms with Gasteiger partial charge >= 0.3 is 18.0 Å². The van der Waals surface area contributed by atoms with Crippen LogP contribution in [0.15, 0.2) is 0 Å². The lowest BCUT2D eigenvalue weighted by atomic mass is 9.92. The first-order chi connectivity index (χ1) is 13.6. The fourth-order valence-corrected chi connectivity index (χ4v) is 3.89. The monoisotopic (exact) mass is 428 g/mol. The van der Waals surface area contributed by atoms with E-state index in [0.717, 1.165) is 0 Å². The number of esters is 2. The fraction of sp³-hybridized carbons (Fsp3) is 0.857. The lowest BCUT2D eigenvalue weighted by molar-refractivity contribution is -0.161. The highest BCUT2D eigenvalue weighted by molar-refractivity contribution is 5.81. The Morgan fingerprint density at radius 2 is 1.57 bits per heavy atom. The third-order valence-corrected chi connectivity index (χ3v) is 5.04. The predicted octanol–water partition coefficient (Wildman–Crippen LogP) is 2.22. The molecule has 0 aromatic carbocycles. The number of carbonyl (C=O) groups excluding carboxylic acids is 3. The summed E-state index contributed by atoms with van der Waals surface area (Å²) in [7, 11) is 1.30. The zero-order valence-electron chi connectivity index (χ0n) is 19.5. The minimum atomic E-state index is -0.934. The average Bonchev–Trinajstić information content (AvgIpc) is 3.11. The zero-order chi connectivity index (χ0) is 23.1. The van der Waals surface area contributed by atoms with Crippen molar-refractivity contribution < 1.29 is 33.3 Å². The molecule has 9 nitrogen and oxygen atoms in total. The Bertz CT molecular complexity index is 678. The first-order valence-electron chi connectivity index (χ1n) is 10.3. The van der Waals surface area contributed by atoms with Crippen molar-refractivity contribution in [3.05, 3.63) is 0 Å². The van der Waals surface area contributed by atoms with Gasteiger partial charge in [-0.15, -0.1) is 0 Å². The Hall–Kier alpha value is -1.87. The maximum atomic E-state index is 13.0. The minimum absolute atomic E-state index is 0.192. The molecule has 2 heterocycles. The van der Waals surface area contributed by atoms with Crippen LogP contribution in [0.4, 0.5) is 4.79 Å². The molecule has 2 aliphatic heterocycles. The summed E-state index contributed by atoms with van der Waals surface area (Å²) in [6, 6.07) is -1.76. The van der Waals surface area contributed by atoms with Crippen LogP contribution >= 0.6 is 0 Å². The predicted molar refractivity (Wildman–Crippen MR) is 109 cm³/mol. The van der Waals surface area contributed by atoms with E-state index in [1.165, 1.54) is 12.0 Å². The first kappa shape index (κ1) is 24.4. The van der Waals surface area contributed by atoms with E-state index in [2.05, 4.69) is 5.32 Å². The summed E-state index contributed by atoms with van der Waals surface area (Å²) >= 11 is 0. The molecule has 2 saturated heterocycles. The van der Waals surface area contributed by atoms with Gasteiger partial charge in [-0.25, -0.2) is 4.79 Å². The Morgan fingerprint density at radius 1 is 1.00 bits per heavy atom. The van der Waals surface area contributed by atoms with Gasteiger partial charge in [-0.3, -0.25) is 19.8 Å². The van der Waals surface area contributed by atoms with Crippen LogP contribution in [-0.2, 0) is 28.5 Å². The van der Waals surface area contributed by atoms with E-state index in [4.69, 9.17) is 18.9 Å². The molecule has 0 aromatic heterocycles. The molecule has 2 aliphatic rings. The fourth-order valence-electron chi connectivity index (χ4n) is 3.89. The third-order valence-electron chi connectivity index (χ3n) is 5.04. The number of nitrogens with one attached hydrogen (secondary N) is 1. The average molecular weight is 429 g/mol. The quantitative estimate of drug-likeness (QED) is 0.539. The molecule has 172 valence electrons. The minimum Gasteiger partial charge on any atom is -0.468 e. The van der Waals surface area contributed by atoms with Gasteiger partial charge in [0.05, 0.1) is 25.7 Å². The Morgan fingerprint density at radius 3 is 2.07 bits per heavy atom. The second-order valence-electron chi connectivity index (χ2n) is 10.3. The van der Waals surface area contributed by atoms with Crippen molar-refractivity contribution in [2.75, 3.05) is 13.7 Å². The third kappa shape index (κ3) is 5.63.